The van der Waals surface area contributed by atoms with Crippen LogP contribution in [-0.4, -0.2) is 46.1 Å². The monoisotopic (exact) mass is 414 g/mol. The Morgan fingerprint density at radius 3 is 2.76 bits per heavy atom. The van der Waals surface area contributed by atoms with Crippen molar-refractivity contribution >= 4 is 34.1 Å². The molecule has 10 heteroatoms. The number of rotatable bonds is 7. The number of anilines is 2. The van der Waals surface area contributed by atoms with Crippen LogP contribution in [0.5, 0.6) is 0 Å². The normalized spacial score (nSPS) is 13.9. The highest BCUT2D eigenvalue weighted by molar-refractivity contribution is 7.17. The summed E-state index contributed by atoms with van der Waals surface area (Å²) >= 11 is 1.18. The van der Waals surface area contributed by atoms with E-state index in [1.807, 2.05) is 10.8 Å². The number of nitrogens with one attached hydrogen (secondary N) is 1. The maximum Gasteiger partial charge on any atom is 0.330 e. The van der Waals surface area contributed by atoms with Gasteiger partial charge in [0, 0.05) is 44.3 Å². The van der Waals surface area contributed by atoms with Gasteiger partial charge in [-0.05, 0) is 30.7 Å². The van der Waals surface area contributed by atoms with Crippen molar-refractivity contribution in [2.24, 2.45) is 0 Å². The molecular weight excluding hydrogens is 395 g/mol. The zero-order chi connectivity index (χ0) is 20.2. The molecule has 1 aliphatic heterocycles. The van der Waals surface area contributed by atoms with Crippen molar-refractivity contribution < 1.29 is 14.0 Å². The van der Waals surface area contributed by atoms with E-state index in [0.717, 1.165) is 13.0 Å². The van der Waals surface area contributed by atoms with Gasteiger partial charge in [0.2, 0.25) is 0 Å². The molecule has 0 saturated carbocycles. The van der Waals surface area contributed by atoms with E-state index in [1.165, 1.54) is 34.6 Å². The summed E-state index contributed by atoms with van der Waals surface area (Å²) in [7, 11) is 0. The van der Waals surface area contributed by atoms with Crippen LogP contribution in [0.4, 0.5) is 20.0 Å². The highest BCUT2D eigenvalue weighted by atomic mass is 32.1. The minimum Gasteiger partial charge on any atom is -0.351 e. The molecule has 8 nitrogen and oxygen atoms in total. The van der Waals surface area contributed by atoms with Crippen molar-refractivity contribution in [2.75, 3.05) is 29.4 Å². The van der Waals surface area contributed by atoms with Crippen LogP contribution in [0.15, 0.2) is 49.2 Å². The van der Waals surface area contributed by atoms with Crippen LogP contribution in [0.25, 0.3) is 0 Å². The quantitative estimate of drug-likeness (QED) is 0.603. The molecule has 1 saturated heterocycles. The number of carbonyl (C=O) groups excluding carboxylic acids is 2. The van der Waals surface area contributed by atoms with Crippen molar-refractivity contribution in [2.45, 2.75) is 13.0 Å². The molecule has 0 atom stereocenters. The van der Waals surface area contributed by atoms with E-state index in [-0.39, 0.29) is 17.8 Å². The van der Waals surface area contributed by atoms with Crippen molar-refractivity contribution in [1.29, 1.82) is 0 Å². The molecule has 1 fully saturated rings. The maximum absolute atomic E-state index is 13.1. The summed E-state index contributed by atoms with van der Waals surface area (Å²) in [6.45, 7) is 2.23. The number of halogens is 1. The smallest absolute Gasteiger partial charge is 0.330 e. The van der Waals surface area contributed by atoms with Gasteiger partial charge in [-0.15, -0.1) is 0 Å². The third-order valence-corrected chi connectivity index (χ3v) is 5.55. The van der Waals surface area contributed by atoms with E-state index in [0.29, 0.717) is 35.3 Å². The molecule has 150 valence electrons. The fraction of sp³-hybridized carbons (Fsp3) is 0.263. The average Bonchev–Trinajstić information content (AvgIpc) is 3.47. The molecule has 0 radical (unpaired) electrons. The first kappa shape index (κ1) is 19.1. The number of urea groups is 1. The van der Waals surface area contributed by atoms with E-state index in [1.54, 1.807) is 29.6 Å². The Kier molecular flexibility index (Phi) is 5.52. The Morgan fingerprint density at radius 1 is 1.21 bits per heavy atom. The van der Waals surface area contributed by atoms with E-state index in [9.17, 15) is 14.0 Å². The third kappa shape index (κ3) is 4.27. The lowest BCUT2D eigenvalue weighted by molar-refractivity contribution is 0.0956. The molecule has 2 aromatic heterocycles. The zero-order valence-corrected chi connectivity index (χ0v) is 16.3. The number of aromatic nitrogens is 3. The second kappa shape index (κ2) is 8.39. The first-order valence-corrected chi connectivity index (χ1v) is 9.98. The number of hydrogen-bond donors (Lipinski definition) is 1. The molecule has 0 unspecified atom stereocenters. The molecule has 0 spiro atoms. The van der Waals surface area contributed by atoms with Crippen LogP contribution in [0.3, 0.4) is 0 Å². The molecule has 3 amide bonds. The number of thiazole rings is 1. The van der Waals surface area contributed by atoms with Gasteiger partial charge in [-0.25, -0.2) is 19.2 Å². The lowest BCUT2D eigenvalue weighted by Crippen LogP contribution is -2.31. The second-order valence-electron chi connectivity index (χ2n) is 6.48. The van der Waals surface area contributed by atoms with Gasteiger partial charge >= 0.3 is 6.03 Å². The molecule has 4 rings (SSSR count). The Balaban J connectivity index is 1.33. The summed E-state index contributed by atoms with van der Waals surface area (Å²) in [6, 6.07) is 5.55. The van der Waals surface area contributed by atoms with Crippen LogP contribution in [0, 0.1) is 5.82 Å². The summed E-state index contributed by atoms with van der Waals surface area (Å²) in [4.78, 5) is 36.8. The number of aryl methyl sites for hydroxylation is 1. The van der Waals surface area contributed by atoms with Gasteiger partial charge in [0.25, 0.3) is 5.91 Å². The maximum atomic E-state index is 13.1. The second-order valence-corrected chi connectivity index (χ2v) is 7.49. The fourth-order valence-electron chi connectivity index (χ4n) is 3.04. The van der Waals surface area contributed by atoms with Crippen LogP contribution in [0.2, 0.25) is 0 Å². The van der Waals surface area contributed by atoms with Crippen LogP contribution in [-0.2, 0) is 6.54 Å². The standard InChI is InChI=1S/C19H19FN6O2S/c20-14-2-4-15(5-3-14)25-10-11-26(19(25)28)18-23-12-16(29-18)17(27)22-6-1-8-24-9-7-21-13-24/h2-5,7,9,12-13H,1,6,8,10-11H2,(H,22,27). The van der Waals surface area contributed by atoms with Crippen LogP contribution < -0.4 is 15.1 Å². The minimum absolute atomic E-state index is 0.207. The summed E-state index contributed by atoms with van der Waals surface area (Å²) < 4.78 is 15.1. The third-order valence-electron chi connectivity index (χ3n) is 4.53. The van der Waals surface area contributed by atoms with E-state index in [4.69, 9.17) is 0 Å². The Labute approximate surface area is 170 Å². The molecule has 0 bridgehead atoms. The molecule has 3 heterocycles. The number of nitrogens with zero attached hydrogens (tertiary/aromatic N) is 5. The molecule has 29 heavy (non-hydrogen) atoms. The molecule has 1 N–H and O–H groups in total. The van der Waals surface area contributed by atoms with Crippen molar-refractivity contribution in [3.8, 4) is 0 Å². The average molecular weight is 414 g/mol. The van der Waals surface area contributed by atoms with Crippen LogP contribution in [0.1, 0.15) is 16.1 Å². The van der Waals surface area contributed by atoms with Crippen molar-refractivity contribution in [3.63, 3.8) is 0 Å². The fourth-order valence-corrected chi connectivity index (χ4v) is 3.89. The lowest BCUT2D eigenvalue weighted by atomic mass is 10.3. The van der Waals surface area contributed by atoms with Gasteiger partial charge in [-0.2, -0.15) is 0 Å². The number of amides is 3. The van der Waals surface area contributed by atoms with Gasteiger partial charge < -0.3 is 9.88 Å². The topological polar surface area (TPSA) is 83.4 Å². The first-order chi connectivity index (χ1) is 14.1. The zero-order valence-electron chi connectivity index (χ0n) is 15.5. The number of benzene rings is 1. The van der Waals surface area contributed by atoms with E-state index < -0.39 is 0 Å². The van der Waals surface area contributed by atoms with E-state index in [2.05, 4.69) is 15.3 Å². The Hall–Kier alpha value is -3.27. The molecular formula is C19H19FN6O2S. The molecule has 1 aliphatic rings. The van der Waals surface area contributed by atoms with Crippen molar-refractivity contribution in [1.82, 2.24) is 19.9 Å². The SMILES string of the molecule is O=C(NCCCn1ccnc1)c1cnc(N2CCN(c3ccc(F)cc3)C2=O)s1. The Bertz CT molecular complexity index is 989. The number of imidazole rings is 1. The largest absolute Gasteiger partial charge is 0.351 e. The number of hydrogen-bond acceptors (Lipinski definition) is 5. The molecule has 0 aliphatic carbocycles. The molecule has 3 aromatic rings. The van der Waals surface area contributed by atoms with Gasteiger partial charge in [0.1, 0.15) is 10.7 Å². The van der Waals surface area contributed by atoms with Gasteiger partial charge in [-0.3, -0.25) is 14.6 Å². The summed E-state index contributed by atoms with van der Waals surface area (Å²) in [5, 5.41) is 3.34. The Morgan fingerprint density at radius 2 is 2.00 bits per heavy atom. The highest BCUT2D eigenvalue weighted by Gasteiger charge is 2.32. The summed E-state index contributed by atoms with van der Waals surface area (Å²) in [5.41, 5.74) is 0.631. The van der Waals surface area contributed by atoms with Gasteiger partial charge in [0.05, 0.1) is 12.5 Å². The van der Waals surface area contributed by atoms with Gasteiger partial charge in [-0.1, -0.05) is 11.3 Å². The number of carbonyl (C=O) groups is 2. The predicted octanol–water partition coefficient (Wildman–Crippen LogP) is 2.75. The summed E-state index contributed by atoms with van der Waals surface area (Å²) in [5.74, 6) is -0.556. The van der Waals surface area contributed by atoms with Crippen LogP contribution >= 0.6 is 11.3 Å². The lowest BCUT2D eigenvalue weighted by Gasteiger charge is -2.16. The summed E-state index contributed by atoms with van der Waals surface area (Å²) in [6.07, 6.45) is 7.59. The van der Waals surface area contributed by atoms with Gasteiger partial charge in [0.15, 0.2) is 5.13 Å². The minimum atomic E-state index is -0.349. The first-order valence-electron chi connectivity index (χ1n) is 9.16. The highest BCUT2D eigenvalue weighted by Crippen LogP contribution is 2.28. The van der Waals surface area contributed by atoms with Crippen molar-refractivity contribution in [3.05, 3.63) is 59.9 Å². The molecule has 1 aromatic carbocycles. The van der Waals surface area contributed by atoms with E-state index >= 15 is 0 Å². The predicted molar refractivity (Wildman–Crippen MR) is 108 cm³/mol.